The van der Waals surface area contributed by atoms with Gasteiger partial charge in [-0.05, 0) is 13.0 Å². The Kier molecular flexibility index (Phi) is 2.12. The van der Waals surface area contributed by atoms with Gasteiger partial charge in [-0.2, -0.15) is 0 Å². The molecule has 10 heavy (non-hydrogen) atoms. The second kappa shape index (κ2) is 2.88. The monoisotopic (exact) mass is 140 g/mol. The Bertz CT molecular complexity index is 180. The summed E-state index contributed by atoms with van der Waals surface area (Å²) in [4.78, 5) is 0. The molecule has 1 atom stereocenters. The van der Waals surface area contributed by atoms with E-state index in [1.54, 1.807) is 7.11 Å². The van der Waals surface area contributed by atoms with Crippen molar-refractivity contribution in [3.8, 4) is 0 Å². The van der Waals surface area contributed by atoms with Gasteiger partial charge >= 0.3 is 0 Å². The molecular weight excluding hydrogens is 128 g/mol. The Morgan fingerprint density at radius 3 is 2.80 bits per heavy atom. The number of aliphatic hydroxyl groups excluding tert-OH is 1. The van der Waals surface area contributed by atoms with Crippen LogP contribution >= 0.6 is 0 Å². The third-order valence-electron chi connectivity index (χ3n) is 1.61. The zero-order valence-corrected chi connectivity index (χ0v) is 6.29. The molecule has 1 unspecified atom stereocenters. The summed E-state index contributed by atoms with van der Waals surface area (Å²) in [5.74, 6) is 0.658. The maximum atomic E-state index is 9.31. The summed E-state index contributed by atoms with van der Waals surface area (Å²) in [6.07, 6.45) is 4.03. The Labute approximate surface area is 60.8 Å². The smallest absolute Gasteiger partial charge is 0.124 e. The minimum atomic E-state index is -0.435. The molecule has 0 aromatic carbocycles. The van der Waals surface area contributed by atoms with Gasteiger partial charge in [0.15, 0.2) is 0 Å². The Balaban J connectivity index is 2.71. The van der Waals surface area contributed by atoms with Gasteiger partial charge in [0, 0.05) is 6.42 Å². The second-order valence-corrected chi connectivity index (χ2v) is 2.51. The van der Waals surface area contributed by atoms with E-state index in [1.807, 2.05) is 19.1 Å². The predicted octanol–water partition coefficient (Wildman–Crippen LogP) is 1.23. The maximum Gasteiger partial charge on any atom is 0.124 e. The zero-order chi connectivity index (χ0) is 7.56. The fourth-order valence-electron chi connectivity index (χ4n) is 1.01. The molecule has 1 aliphatic carbocycles. The second-order valence-electron chi connectivity index (χ2n) is 2.51. The number of methoxy groups -OCH3 is 1. The summed E-state index contributed by atoms with van der Waals surface area (Å²) in [5, 5.41) is 9.31. The van der Waals surface area contributed by atoms with Gasteiger partial charge in [-0.1, -0.05) is 11.6 Å². The molecule has 2 heteroatoms. The van der Waals surface area contributed by atoms with Crippen molar-refractivity contribution >= 4 is 0 Å². The molecule has 0 fully saturated rings. The van der Waals surface area contributed by atoms with E-state index in [9.17, 15) is 5.11 Å². The summed E-state index contributed by atoms with van der Waals surface area (Å²) in [6.45, 7) is 1.99. The van der Waals surface area contributed by atoms with Crippen molar-refractivity contribution in [1.82, 2.24) is 0 Å². The lowest BCUT2D eigenvalue weighted by Gasteiger charge is -2.16. The topological polar surface area (TPSA) is 29.5 Å². The Morgan fingerprint density at radius 2 is 2.30 bits per heavy atom. The van der Waals surface area contributed by atoms with Crippen LogP contribution in [-0.4, -0.2) is 18.3 Å². The first kappa shape index (κ1) is 7.35. The first-order valence-electron chi connectivity index (χ1n) is 3.33. The van der Waals surface area contributed by atoms with Gasteiger partial charge in [-0.3, -0.25) is 0 Å². The fraction of sp³-hybridized carbons (Fsp3) is 0.500. The molecule has 1 N–H and O–H groups in total. The van der Waals surface area contributed by atoms with Gasteiger partial charge in [-0.25, -0.2) is 0 Å². The van der Waals surface area contributed by atoms with E-state index in [4.69, 9.17) is 4.74 Å². The average molecular weight is 140 g/mol. The van der Waals surface area contributed by atoms with Crippen LogP contribution in [0.5, 0.6) is 0 Å². The first-order chi connectivity index (χ1) is 4.74. The largest absolute Gasteiger partial charge is 0.498 e. The van der Waals surface area contributed by atoms with Crippen molar-refractivity contribution in [2.75, 3.05) is 7.11 Å². The third-order valence-corrected chi connectivity index (χ3v) is 1.61. The van der Waals surface area contributed by atoms with E-state index >= 15 is 0 Å². The van der Waals surface area contributed by atoms with E-state index in [1.165, 1.54) is 5.57 Å². The molecule has 0 aromatic rings. The van der Waals surface area contributed by atoms with Gasteiger partial charge in [0.05, 0.1) is 7.11 Å². The van der Waals surface area contributed by atoms with Crippen molar-refractivity contribution < 1.29 is 9.84 Å². The van der Waals surface area contributed by atoms with Gasteiger partial charge in [-0.15, -0.1) is 0 Å². The van der Waals surface area contributed by atoms with Crippen LogP contribution in [0.1, 0.15) is 13.3 Å². The lowest BCUT2D eigenvalue weighted by molar-refractivity contribution is 0.126. The van der Waals surface area contributed by atoms with Crippen molar-refractivity contribution in [2.24, 2.45) is 0 Å². The summed E-state index contributed by atoms with van der Waals surface area (Å²) in [6, 6.07) is 0. The molecule has 0 saturated carbocycles. The number of aliphatic hydroxyl groups is 1. The molecule has 0 saturated heterocycles. The Morgan fingerprint density at radius 1 is 1.60 bits per heavy atom. The number of rotatable bonds is 1. The molecule has 2 nitrogen and oxygen atoms in total. The molecule has 56 valence electrons. The van der Waals surface area contributed by atoms with E-state index in [0.717, 1.165) is 0 Å². The van der Waals surface area contributed by atoms with Crippen LogP contribution in [0.2, 0.25) is 0 Å². The lowest BCUT2D eigenvalue weighted by atomic mass is 10.0. The van der Waals surface area contributed by atoms with E-state index < -0.39 is 6.10 Å². The summed E-state index contributed by atoms with van der Waals surface area (Å²) in [7, 11) is 1.57. The van der Waals surface area contributed by atoms with Crippen molar-refractivity contribution in [3.05, 3.63) is 23.5 Å². The van der Waals surface area contributed by atoms with Crippen LogP contribution in [0.4, 0.5) is 0 Å². The molecule has 0 aliphatic heterocycles. The van der Waals surface area contributed by atoms with Crippen LogP contribution in [0.3, 0.4) is 0 Å². The lowest BCUT2D eigenvalue weighted by Crippen LogP contribution is -2.14. The molecule has 1 rings (SSSR count). The van der Waals surface area contributed by atoms with Gasteiger partial charge in [0.2, 0.25) is 0 Å². The fourth-order valence-corrected chi connectivity index (χ4v) is 1.01. The molecule has 0 radical (unpaired) electrons. The molecule has 0 heterocycles. The van der Waals surface area contributed by atoms with Crippen molar-refractivity contribution in [1.29, 1.82) is 0 Å². The molecule has 0 aromatic heterocycles. The normalized spacial score (nSPS) is 25.3. The highest BCUT2D eigenvalue weighted by molar-refractivity contribution is 5.22. The molecule has 0 spiro atoms. The minimum absolute atomic E-state index is 0.435. The van der Waals surface area contributed by atoms with Crippen molar-refractivity contribution in [2.45, 2.75) is 19.4 Å². The van der Waals surface area contributed by atoms with E-state index in [0.29, 0.717) is 12.2 Å². The maximum absolute atomic E-state index is 9.31. The third kappa shape index (κ3) is 1.39. The summed E-state index contributed by atoms with van der Waals surface area (Å²) >= 11 is 0. The molecule has 1 aliphatic rings. The molecule has 0 amide bonds. The van der Waals surface area contributed by atoms with Gasteiger partial charge < -0.3 is 9.84 Å². The first-order valence-corrected chi connectivity index (χ1v) is 3.33. The summed E-state index contributed by atoms with van der Waals surface area (Å²) < 4.78 is 4.92. The summed E-state index contributed by atoms with van der Waals surface area (Å²) in [5.41, 5.74) is 1.19. The number of ether oxygens (including phenoxy) is 1. The molecular formula is C8H12O2. The van der Waals surface area contributed by atoms with Gasteiger partial charge in [0.25, 0.3) is 0 Å². The highest BCUT2D eigenvalue weighted by atomic mass is 16.5. The number of hydrogen-bond donors (Lipinski definition) is 1. The number of allylic oxidation sites excluding steroid dienone is 2. The van der Waals surface area contributed by atoms with Crippen LogP contribution in [0, 0.1) is 0 Å². The van der Waals surface area contributed by atoms with E-state index in [2.05, 4.69) is 0 Å². The molecule has 0 bridgehead atoms. The van der Waals surface area contributed by atoms with Gasteiger partial charge in [0.1, 0.15) is 11.9 Å². The van der Waals surface area contributed by atoms with Crippen LogP contribution in [0.25, 0.3) is 0 Å². The highest BCUT2D eigenvalue weighted by Gasteiger charge is 2.14. The Hall–Kier alpha value is -0.760. The standard InChI is InChI=1S/C8H12O2/c1-6-3-4-8(10-2)7(9)5-6/h3-4,7,9H,5H2,1-2H3. The van der Waals surface area contributed by atoms with Crippen molar-refractivity contribution in [3.63, 3.8) is 0 Å². The van der Waals surface area contributed by atoms with Crippen LogP contribution in [-0.2, 0) is 4.74 Å². The average Bonchev–Trinajstić information content (AvgIpc) is 1.88. The predicted molar refractivity (Wildman–Crippen MR) is 39.5 cm³/mol. The SMILES string of the molecule is COC1=CC=C(C)CC1O. The zero-order valence-electron chi connectivity index (χ0n) is 6.29. The number of hydrogen-bond acceptors (Lipinski definition) is 2. The van der Waals surface area contributed by atoms with Crippen LogP contribution in [0.15, 0.2) is 23.5 Å². The van der Waals surface area contributed by atoms with Crippen LogP contribution < -0.4 is 0 Å². The minimum Gasteiger partial charge on any atom is -0.498 e. The van der Waals surface area contributed by atoms with E-state index in [-0.39, 0.29) is 0 Å². The quantitative estimate of drug-likeness (QED) is 0.593. The highest BCUT2D eigenvalue weighted by Crippen LogP contribution is 2.18.